The van der Waals surface area contributed by atoms with Crippen molar-refractivity contribution in [2.24, 2.45) is 0 Å². The first kappa shape index (κ1) is 32.7. The smallest absolute Gasteiger partial charge is 0.201 e. The number of ketones is 2. The Labute approximate surface area is 247 Å². The van der Waals surface area contributed by atoms with E-state index in [0.717, 1.165) is 23.9 Å². The van der Waals surface area contributed by atoms with E-state index in [0.29, 0.717) is 17.9 Å². The molecular formula is C35H52NO5+. The maximum Gasteiger partial charge on any atom is 0.201 e. The summed E-state index contributed by atoms with van der Waals surface area (Å²) in [5.41, 5.74) is 0.821. The summed E-state index contributed by atoms with van der Waals surface area (Å²) in [5.74, 6) is -1.13. The van der Waals surface area contributed by atoms with Crippen molar-refractivity contribution >= 4 is 11.6 Å². The largest absolute Gasteiger partial charge is 0.507 e. The number of carbonyl (C=O) groups is 2. The van der Waals surface area contributed by atoms with Gasteiger partial charge >= 0.3 is 0 Å². The second-order valence-corrected chi connectivity index (χ2v) is 12.6. The Morgan fingerprint density at radius 2 is 1.12 bits per heavy atom. The minimum Gasteiger partial charge on any atom is -0.507 e. The highest BCUT2D eigenvalue weighted by Crippen LogP contribution is 2.39. The molecule has 0 aliphatic heterocycles. The highest BCUT2D eigenvalue weighted by atomic mass is 16.5. The molecule has 41 heavy (non-hydrogen) atoms. The van der Waals surface area contributed by atoms with E-state index in [1.54, 1.807) is 13.0 Å². The molecule has 0 fully saturated rings. The van der Waals surface area contributed by atoms with Gasteiger partial charge in [-0.3, -0.25) is 9.59 Å². The van der Waals surface area contributed by atoms with Gasteiger partial charge in [0.1, 0.15) is 17.2 Å². The summed E-state index contributed by atoms with van der Waals surface area (Å²) in [7, 11) is 4.59. The molecule has 0 bridgehead atoms. The van der Waals surface area contributed by atoms with Crippen LogP contribution in [0.1, 0.15) is 134 Å². The van der Waals surface area contributed by atoms with Crippen molar-refractivity contribution in [1.82, 2.24) is 0 Å². The lowest BCUT2D eigenvalue weighted by molar-refractivity contribution is -0.890. The molecule has 0 spiro atoms. The summed E-state index contributed by atoms with van der Waals surface area (Å²) in [6.45, 7) is 6.75. The van der Waals surface area contributed by atoms with Crippen LogP contribution < -0.4 is 4.74 Å². The number of aromatic hydroxyl groups is 2. The van der Waals surface area contributed by atoms with E-state index in [4.69, 9.17) is 4.74 Å². The summed E-state index contributed by atoms with van der Waals surface area (Å²) in [4.78, 5) is 26.1. The van der Waals surface area contributed by atoms with E-state index < -0.39 is 11.6 Å². The number of aryl methyl sites for hydroxylation is 1. The Morgan fingerprint density at radius 3 is 1.71 bits per heavy atom. The number of rotatable bonds is 19. The minimum atomic E-state index is -0.552. The number of hydrogen-bond donors (Lipinski definition) is 2. The van der Waals surface area contributed by atoms with Gasteiger partial charge in [0.15, 0.2) is 5.78 Å². The average molecular weight is 567 g/mol. The first-order valence-corrected chi connectivity index (χ1v) is 15.9. The Hall–Kier alpha value is -2.86. The quantitative estimate of drug-likeness (QED) is 0.113. The predicted octanol–water partition coefficient (Wildman–Crippen LogP) is 8.12. The number of hydrogen-bond acceptors (Lipinski definition) is 5. The predicted molar refractivity (Wildman–Crippen MR) is 165 cm³/mol. The first-order chi connectivity index (χ1) is 19.6. The van der Waals surface area contributed by atoms with Crippen LogP contribution in [0, 0.1) is 6.92 Å². The van der Waals surface area contributed by atoms with Crippen molar-refractivity contribution in [3.8, 4) is 17.2 Å². The van der Waals surface area contributed by atoms with Crippen LogP contribution in [0.2, 0.25) is 0 Å². The molecule has 2 aromatic carbocycles. The van der Waals surface area contributed by atoms with E-state index in [9.17, 15) is 19.8 Å². The third kappa shape index (κ3) is 9.59. The monoisotopic (exact) mass is 566 g/mol. The normalized spacial score (nSPS) is 12.9. The molecular weight excluding hydrogens is 514 g/mol. The van der Waals surface area contributed by atoms with Gasteiger partial charge in [0, 0.05) is 17.2 Å². The summed E-state index contributed by atoms with van der Waals surface area (Å²) >= 11 is 0. The van der Waals surface area contributed by atoms with Crippen LogP contribution in [0.25, 0.3) is 0 Å². The highest BCUT2D eigenvalue weighted by molar-refractivity contribution is 6.30. The second kappa shape index (κ2) is 16.0. The van der Waals surface area contributed by atoms with Gasteiger partial charge < -0.3 is 19.4 Å². The maximum atomic E-state index is 13.1. The van der Waals surface area contributed by atoms with Gasteiger partial charge in [-0.25, -0.2) is 0 Å². The molecule has 0 saturated carbocycles. The zero-order valence-electron chi connectivity index (χ0n) is 25.9. The highest BCUT2D eigenvalue weighted by Gasteiger charge is 2.35. The van der Waals surface area contributed by atoms with Gasteiger partial charge in [0.2, 0.25) is 5.78 Å². The Morgan fingerprint density at radius 1 is 0.634 bits per heavy atom. The number of ether oxygens (including phenoxy) is 1. The van der Waals surface area contributed by atoms with Crippen LogP contribution >= 0.6 is 0 Å². The maximum absolute atomic E-state index is 13.1. The number of phenols is 2. The lowest BCUT2D eigenvalue weighted by Gasteiger charge is -2.30. The van der Waals surface area contributed by atoms with E-state index in [-0.39, 0.29) is 33.8 Å². The van der Waals surface area contributed by atoms with E-state index in [1.165, 1.54) is 102 Å². The van der Waals surface area contributed by atoms with Crippen molar-refractivity contribution in [2.75, 3.05) is 33.8 Å². The zero-order chi connectivity index (χ0) is 29.8. The Bertz CT molecular complexity index is 1170. The molecule has 0 saturated heterocycles. The number of unbranched alkanes of at least 4 members (excludes halogenated alkanes) is 12. The van der Waals surface area contributed by atoms with Crippen LogP contribution in [0.4, 0.5) is 0 Å². The third-order valence-corrected chi connectivity index (χ3v) is 8.34. The van der Waals surface area contributed by atoms with E-state index >= 15 is 0 Å². The lowest BCUT2D eigenvalue weighted by Crippen LogP contribution is -2.41. The molecule has 6 heteroatoms. The summed E-state index contributed by atoms with van der Waals surface area (Å²) in [6, 6.07) is 5.96. The lowest BCUT2D eigenvalue weighted by atomic mass is 9.82. The van der Waals surface area contributed by atoms with Crippen molar-refractivity contribution < 1.29 is 29.0 Å². The molecule has 3 rings (SSSR count). The molecule has 1 aliphatic rings. The average Bonchev–Trinajstić information content (AvgIpc) is 2.91. The van der Waals surface area contributed by atoms with E-state index in [1.807, 2.05) is 0 Å². The standard InChI is InChI=1S/C35H51NO5/c1-5-6-7-8-9-10-11-12-13-14-15-16-19-36(3,4)20-17-18-21-41-27-24-29-33(31(38)25-27)35(40)32-28(34(29)39)22-26(2)23-30(32)37/h22-25H,5-21H2,1-4H3,(H-,37,38,40)/p+1. The van der Waals surface area contributed by atoms with Gasteiger partial charge in [-0.2, -0.15) is 0 Å². The molecule has 1 aliphatic carbocycles. The van der Waals surface area contributed by atoms with E-state index in [2.05, 4.69) is 21.0 Å². The van der Waals surface area contributed by atoms with Crippen molar-refractivity contribution in [3.05, 3.63) is 52.1 Å². The zero-order valence-corrected chi connectivity index (χ0v) is 25.9. The van der Waals surface area contributed by atoms with Crippen LogP contribution in [-0.2, 0) is 0 Å². The molecule has 0 atom stereocenters. The van der Waals surface area contributed by atoms with Crippen LogP contribution in [0.15, 0.2) is 24.3 Å². The fourth-order valence-electron chi connectivity index (χ4n) is 5.88. The molecule has 6 nitrogen and oxygen atoms in total. The minimum absolute atomic E-state index is 0.0543. The molecule has 0 unspecified atom stereocenters. The van der Waals surface area contributed by atoms with Gasteiger partial charge in [0.05, 0.1) is 44.9 Å². The summed E-state index contributed by atoms with van der Waals surface area (Å²) < 4.78 is 6.88. The van der Waals surface area contributed by atoms with Crippen LogP contribution in [-0.4, -0.2) is 60.1 Å². The van der Waals surface area contributed by atoms with Crippen molar-refractivity contribution in [2.45, 2.75) is 104 Å². The number of phenolic OH excluding ortho intramolecular Hbond substituents is 2. The molecule has 2 N–H and O–H groups in total. The fourth-order valence-corrected chi connectivity index (χ4v) is 5.88. The number of benzene rings is 2. The molecule has 2 aromatic rings. The molecule has 0 amide bonds. The van der Waals surface area contributed by atoms with Gasteiger partial charge in [-0.1, -0.05) is 71.1 Å². The topological polar surface area (TPSA) is 83.8 Å². The Balaban J connectivity index is 1.34. The molecule has 0 aromatic heterocycles. The van der Waals surface area contributed by atoms with Crippen LogP contribution in [0.3, 0.4) is 0 Å². The van der Waals surface area contributed by atoms with Crippen molar-refractivity contribution in [1.29, 1.82) is 0 Å². The Kier molecular flexibility index (Phi) is 12.7. The SMILES string of the molecule is CCCCCCCCCCCCCC[N+](C)(C)CCCCOc1cc(O)c2c(c1)C(=O)c1cc(C)cc(O)c1C2=O. The van der Waals surface area contributed by atoms with Crippen molar-refractivity contribution in [3.63, 3.8) is 0 Å². The van der Waals surface area contributed by atoms with Gasteiger partial charge in [-0.15, -0.1) is 0 Å². The molecule has 226 valence electrons. The second-order valence-electron chi connectivity index (χ2n) is 12.6. The first-order valence-electron chi connectivity index (χ1n) is 15.9. The van der Waals surface area contributed by atoms with Gasteiger partial charge in [-0.05, 0) is 56.4 Å². The molecule has 0 radical (unpaired) electrons. The number of carbonyl (C=O) groups excluding carboxylic acids is 2. The number of nitrogens with zero attached hydrogens (tertiary/aromatic N) is 1. The number of fused-ring (bicyclic) bond motifs is 2. The third-order valence-electron chi connectivity index (χ3n) is 8.34. The summed E-state index contributed by atoms with van der Waals surface area (Å²) in [6.07, 6.45) is 18.3. The van der Waals surface area contributed by atoms with Gasteiger partial charge in [0.25, 0.3) is 0 Å². The summed E-state index contributed by atoms with van der Waals surface area (Å²) in [5, 5.41) is 20.9. The fraction of sp³-hybridized carbons (Fsp3) is 0.600. The number of quaternary nitrogens is 1. The molecule has 0 heterocycles. The van der Waals surface area contributed by atoms with Crippen LogP contribution in [0.5, 0.6) is 17.2 Å².